The van der Waals surface area contributed by atoms with Crippen molar-refractivity contribution in [3.8, 4) is 5.69 Å². The number of fused-ring (bicyclic) bond motifs is 2. The van der Waals surface area contributed by atoms with Crippen molar-refractivity contribution in [2.75, 3.05) is 0 Å². The Morgan fingerprint density at radius 3 is 2.87 bits per heavy atom. The Morgan fingerprint density at radius 2 is 2.10 bits per heavy atom. The number of hydrogen-bond acceptors (Lipinski definition) is 5. The molecule has 3 aliphatic rings. The van der Waals surface area contributed by atoms with Crippen LogP contribution in [0.3, 0.4) is 0 Å². The maximum Gasteiger partial charge on any atom is 0.253 e. The number of carbonyl (C=O) groups excluding carboxylic acids is 1. The number of nitrogens with zero attached hydrogens (tertiary/aromatic N) is 4. The zero-order chi connectivity index (χ0) is 20.9. The number of carbonyl (C=O) groups is 1. The number of rotatable bonds is 3. The number of hydrazine groups is 1. The van der Waals surface area contributed by atoms with Gasteiger partial charge in [0, 0.05) is 17.4 Å². The van der Waals surface area contributed by atoms with E-state index in [9.17, 15) is 4.79 Å². The summed E-state index contributed by atoms with van der Waals surface area (Å²) in [5, 5.41) is 13.4. The van der Waals surface area contributed by atoms with Crippen LogP contribution in [0, 0.1) is 0 Å². The first-order valence-electron chi connectivity index (χ1n) is 10.0. The minimum Gasteiger partial charge on any atom is -0.347 e. The highest BCUT2D eigenvalue weighted by molar-refractivity contribution is 6.34. The highest BCUT2D eigenvalue weighted by atomic mass is 35.5. The molecule has 0 bridgehead atoms. The Kier molecular flexibility index (Phi) is 4.52. The topological polar surface area (TPSA) is 75.1 Å². The van der Waals surface area contributed by atoms with Crippen LogP contribution in [-0.2, 0) is 0 Å². The van der Waals surface area contributed by atoms with Gasteiger partial charge in [0.15, 0.2) is 0 Å². The number of nitrogens with one attached hydrogen (secondary N) is 2. The standard InChI is InChI=1S/C22H23ClN6O/c1-14-3-6-20-17-10-22(2,8-7-19(17)27-29(20)11-14)26-21(30)16-5-4-15(9-18(16)23)28-12-24-25-13-28/h3-6,9,11-13,19,27H,7-8,10H2,1-2H3,(H,26,30). The molecule has 5 rings (SSSR count). The minimum atomic E-state index is -0.325. The number of hydrogen-bond donors (Lipinski definition) is 2. The molecule has 2 N–H and O–H groups in total. The van der Waals surface area contributed by atoms with Crippen molar-refractivity contribution in [3.05, 3.63) is 76.6 Å². The van der Waals surface area contributed by atoms with Gasteiger partial charge in [-0.2, -0.15) is 0 Å². The van der Waals surface area contributed by atoms with E-state index in [1.807, 2.05) is 6.07 Å². The molecule has 30 heavy (non-hydrogen) atoms. The fourth-order valence-electron chi connectivity index (χ4n) is 4.45. The second kappa shape index (κ2) is 7.11. The van der Waals surface area contributed by atoms with Gasteiger partial charge >= 0.3 is 0 Å². The van der Waals surface area contributed by atoms with Crippen LogP contribution in [0.1, 0.15) is 43.5 Å². The summed E-state index contributed by atoms with van der Waals surface area (Å²) >= 11 is 6.44. The molecule has 2 aliphatic heterocycles. The Labute approximate surface area is 180 Å². The molecule has 2 unspecified atom stereocenters. The summed E-state index contributed by atoms with van der Waals surface area (Å²) in [6.07, 6.45) is 12.3. The van der Waals surface area contributed by atoms with Crippen LogP contribution >= 0.6 is 11.6 Å². The molecular formula is C22H23ClN6O. The fraction of sp³-hybridized carbons (Fsp3) is 0.318. The molecule has 1 aromatic heterocycles. The van der Waals surface area contributed by atoms with E-state index >= 15 is 0 Å². The molecule has 0 spiro atoms. The van der Waals surface area contributed by atoms with Gasteiger partial charge in [0.05, 0.1) is 22.3 Å². The van der Waals surface area contributed by atoms with Gasteiger partial charge in [-0.15, -0.1) is 10.2 Å². The van der Waals surface area contributed by atoms with Crippen molar-refractivity contribution in [2.45, 2.75) is 44.7 Å². The third-order valence-corrected chi connectivity index (χ3v) is 6.35. The highest BCUT2D eigenvalue weighted by Gasteiger charge is 2.41. The van der Waals surface area contributed by atoms with Crippen LogP contribution in [0.2, 0.25) is 5.02 Å². The smallest absolute Gasteiger partial charge is 0.253 e. The van der Waals surface area contributed by atoms with Gasteiger partial charge in [0.1, 0.15) is 12.7 Å². The Hall–Kier alpha value is -2.90. The van der Waals surface area contributed by atoms with Gasteiger partial charge in [-0.25, -0.2) is 5.43 Å². The molecule has 0 saturated heterocycles. The molecule has 1 aliphatic carbocycles. The number of aromatic nitrogens is 3. The lowest BCUT2D eigenvalue weighted by atomic mass is 9.77. The van der Waals surface area contributed by atoms with Crippen LogP contribution < -0.4 is 10.7 Å². The minimum absolute atomic E-state index is 0.153. The van der Waals surface area contributed by atoms with Crippen molar-refractivity contribution in [1.82, 2.24) is 30.5 Å². The number of benzene rings is 1. The average molecular weight is 423 g/mol. The molecule has 3 heterocycles. The Bertz CT molecular complexity index is 1100. The monoisotopic (exact) mass is 422 g/mol. The summed E-state index contributed by atoms with van der Waals surface area (Å²) < 4.78 is 1.75. The van der Waals surface area contributed by atoms with E-state index in [4.69, 9.17) is 11.6 Å². The predicted octanol–water partition coefficient (Wildman–Crippen LogP) is 3.51. The molecular weight excluding hydrogens is 400 g/mol. The maximum atomic E-state index is 13.1. The van der Waals surface area contributed by atoms with E-state index in [0.29, 0.717) is 16.6 Å². The van der Waals surface area contributed by atoms with Gasteiger partial charge in [0.25, 0.3) is 5.91 Å². The lowest BCUT2D eigenvalue weighted by molar-refractivity contribution is 0.0890. The molecule has 1 fully saturated rings. The third kappa shape index (κ3) is 3.34. The molecule has 1 saturated carbocycles. The van der Waals surface area contributed by atoms with Crippen molar-refractivity contribution >= 4 is 17.5 Å². The van der Waals surface area contributed by atoms with Gasteiger partial charge in [-0.3, -0.25) is 14.4 Å². The summed E-state index contributed by atoms with van der Waals surface area (Å²) in [6, 6.07) is 5.67. The van der Waals surface area contributed by atoms with Crippen LogP contribution in [0.5, 0.6) is 0 Å². The SMILES string of the molecule is CC1=CN2NC3CCC(C)(NC(=O)c4ccc(-n5cnnc5)cc4Cl)CC3=C2C=C1. The molecule has 154 valence electrons. The number of halogens is 1. The summed E-state index contributed by atoms with van der Waals surface area (Å²) in [5.74, 6) is -0.153. The second-order valence-corrected chi connectivity index (χ2v) is 8.84. The average Bonchev–Trinajstić information content (AvgIpc) is 3.35. The lowest BCUT2D eigenvalue weighted by Gasteiger charge is -2.38. The maximum absolute atomic E-state index is 13.1. The highest BCUT2D eigenvalue weighted by Crippen LogP contribution is 2.40. The summed E-state index contributed by atoms with van der Waals surface area (Å²) in [5.41, 5.74) is 8.27. The third-order valence-electron chi connectivity index (χ3n) is 6.04. The quantitative estimate of drug-likeness (QED) is 0.791. The number of allylic oxidation sites excluding steroid dienone is 3. The van der Waals surface area contributed by atoms with Crippen LogP contribution in [-0.4, -0.2) is 37.3 Å². The van der Waals surface area contributed by atoms with E-state index < -0.39 is 0 Å². The van der Waals surface area contributed by atoms with Crippen LogP contribution in [0.4, 0.5) is 0 Å². The summed E-state index contributed by atoms with van der Waals surface area (Å²) in [6.45, 7) is 4.20. The summed E-state index contributed by atoms with van der Waals surface area (Å²) in [4.78, 5) is 13.1. The van der Waals surface area contributed by atoms with Crippen molar-refractivity contribution in [1.29, 1.82) is 0 Å². The molecule has 8 heteroatoms. The normalized spacial score (nSPS) is 25.1. The van der Waals surface area contributed by atoms with E-state index in [1.165, 1.54) is 16.8 Å². The van der Waals surface area contributed by atoms with Gasteiger partial charge in [-0.05, 0) is 68.5 Å². The van der Waals surface area contributed by atoms with Crippen LogP contribution in [0.15, 0.2) is 66.0 Å². The van der Waals surface area contributed by atoms with Gasteiger partial charge in [0.2, 0.25) is 0 Å². The van der Waals surface area contributed by atoms with E-state index in [1.54, 1.807) is 29.4 Å². The molecule has 0 radical (unpaired) electrons. The first kappa shape index (κ1) is 19.1. The molecule has 1 aromatic carbocycles. The van der Waals surface area contributed by atoms with E-state index in [0.717, 1.165) is 24.9 Å². The largest absolute Gasteiger partial charge is 0.347 e. The van der Waals surface area contributed by atoms with Gasteiger partial charge < -0.3 is 5.32 Å². The molecule has 2 atom stereocenters. The lowest BCUT2D eigenvalue weighted by Crippen LogP contribution is -2.51. The second-order valence-electron chi connectivity index (χ2n) is 8.43. The van der Waals surface area contributed by atoms with Crippen molar-refractivity contribution < 1.29 is 4.79 Å². The van der Waals surface area contributed by atoms with Crippen LogP contribution in [0.25, 0.3) is 5.69 Å². The molecule has 2 aromatic rings. The summed E-state index contributed by atoms with van der Waals surface area (Å²) in [7, 11) is 0. The van der Waals surface area contributed by atoms with Gasteiger partial charge in [-0.1, -0.05) is 17.7 Å². The fourth-order valence-corrected chi connectivity index (χ4v) is 4.72. The van der Waals surface area contributed by atoms with E-state index in [2.05, 4.69) is 58.1 Å². The molecule has 7 nitrogen and oxygen atoms in total. The Morgan fingerprint density at radius 1 is 1.30 bits per heavy atom. The molecule has 1 amide bonds. The predicted molar refractivity (Wildman–Crippen MR) is 115 cm³/mol. The zero-order valence-corrected chi connectivity index (χ0v) is 17.6. The first-order chi connectivity index (χ1) is 14.4. The Balaban J connectivity index is 1.35. The first-order valence-corrected chi connectivity index (χ1v) is 10.4. The van der Waals surface area contributed by atoms with E-state index in [-0.39, 0.29) is 11.4 Å². The zero-order valence-electron chi connectivity index (χ0n) is 16.9. The number of amides is 1. The van der Waals surface area contributed by atoms with Crippen molar-refractivity contribution in [3.63, 3.8) is 0 Å². The van der Waals surface area contributed by atoms with Crippen molar-refractivity contribution in [2.24, 2.45) is 0 Å².